The van der Waals surface area contributed by atoms with Crippen LogP contribution in [0.3, 0.4) is 0 Å². The zero-order valence-corrected chi connectivity index (χ0v) is 16.5. The average Bonchev–Trinajstić information content (AvgIpc) is 3.25. The molecule has 4 rings (SSSR count). The van der Waals surface area contributed by atoms with Crippen molar-refractivity contribution in [1.82, 2.24) is 19.4 Å². The molecule has 1 amide bonds. The van der Waals surface area contributed by atoms with Crippen molar-refractivity contribution in [3.63, 3.8) is 0 Å². The van der Waals surface area contributed by atoms with Gasteiger partial charge in [0.05, 0.1) is 12.2 Å². The smallest absolute Gasteiger partial charge is 0.244 e. The van der Waals surface area contributed by atoms with E-state index in [2.05, 4.69) is 57.7 Å². The van der Waals surface area contributed by atoms with Crippen LogP contribution in [0.15, 0.2) is 48.7 Å². The van der Waals surface area contributed by atoms with Crippen LogP contribution >= 0.6 is 0 Å². The lowest BCUT2D eigenvalue weighted by Crippen LogP contribution is -2.20. The topological polar surface area (TPSA) is 51.9 Å². The van der Waals surface area contributed by atoms with Crippen molar-refractivity contribution in [3.8, 4) is 5.69 Å². The lowest BCUT2D eigenvalue weighted by Gasteiger charge is -2.11. The summed E-state index contributed by atoms with van der Waals surface area (Å²) in [7, 11) is 0. The number of imidazole rings is 1. The highest BCUT2D eigenvalue weighted by atomic mass is 16.1. The molecule has 0 saturated carbocycles. The van der Waals surface area contributed by atoms with Gasteiger partial charge in [0.2, 0.25) is 5.91 Å². The number of hydrogen-bond donors (Lipinski definition) is 1. The number of nitrogens with one attached hydrogen (secondary N) is 1. The SMILES string of the molecule is Cc1cc(/C=C/C(=O)NCc2cn3c(n2)CCCC3)c(C)n1-c1ccccc1. The molecule has 3 aromatic rings. The van der Waals surface area contributed by atoms with Crippen LogP contribution < -0.4 is 5.32 Å². The van der Waals surface area contributed by atoms with Crippen molar-refractivity contribution in [2.24, 2.45) is 0 Å². The molecule has 1 aliphatic heterocycles. The number of carbonyl (C=O) groups excluding carboxylic acids is 1. The van der Waals surface area contributed by atoms with E-state index < -0.39 is 0 Å². The Morgan fingerprint density at radius 2 is 2.04 bits per heavy atom. The zero-order chi connectivity index (χ0) is 19.5. The summed E-state index contributed by atoms with van der Waals surface area (Å²) in [5.41, 5.74) is 5.38. The van der Waals surface area contributed by atoms with Crippen molar-refractivity contribution in [1.29, 1.82) is 0 Å². The Labute approximate surface area is 165 Å². The first-order valence-corrected chi connectivity index (χ1v) is 9.87. The first kappa shape index (κ1) is 18.3. The van der Waals surface area contributed by atoms with Crippen molar-refractivity contribution >= 4 is 12.0 Å². The second kappa shape index (κ2) is 7.89. The molecular weight excluding hydrogens is 348 g/mol. The zero-order valence-electron chi connectivity index (χ0n) is 16.5. The number of aryl methyl sites for hydroxylation is 3. The van der Waals surface area contributed by atoms with E-state index in [4.69, 9.17) is 0 Å². The van der Waals surface area contributed by atoms with Gasteiger partial charge in [-0.05, 0) is 56.5 Å². The minimum absolute atomic E-state index is 0.101. The number of benzene rings is 1. The van der Waals surface area contributed by atoms with Gasteiger partial charge in [0.1, 0.15) is 5.82 Å². The molecule has 1 aliphatic rings. The Morgan fingerprint density at radius 3 is 2.82 bits per heavy atom. The van der Waals surface area contributed by atoms with E-state index in [0.717, 1.165) is 47.1 Å². The van der Waals surface area contributed by atoms with E-state index in [0.29, 0.717) is 6.54 Å². The van der Waals surface area contributed by atoms with Crippen LogP contribution in [0.2, 0.25) is 0 Å². The third-order valence-electron chi connectivity index (χ3n) is 5.30. The summed E-state index contributed by atoms with van der Waals surface area (Å²) in [4.78, 5) is 16.9. The molecule has 0 spiro atoms. The number of fused-ring (bicyclic) bond motifs is 1. The Bertz CT molecular complexity index is 987. The van der Waals surface area contributed by atoms with Crippen LogP contribution in [0, 0.1) is 13.8 Å². The number of rotatable bonds is 5. The lowest BCUT2D eigenvalue weighted by molar-refractivity contribution is -0.116. The maximum absolute atomic E-state index is 12.3. The number of carbonyl (C=O) groups is 1. The highest BCUT2D eigenvalue weighted by Gasteiger charge is 2.12. The summed E-state index contributed by atoms with van der Waals surface area (Å²) < 4.78 is 4.41. The van der Waals surface area contributed by atoms with E-state index in [1.54, 1.807) is 6.08 Å². The summed E-state index contributed by atoms with van der Waals surface area (Å²) in [5, 5.41) is 2.94. The molecule has 5 nitrogen and oxygen atoms in total. The molecular formula is C23H26N4O. The molecule has 0 aliphatic carbocycles. The molecule has 3 heterocycles. The lowest BCUT2D eigenvalue weighted by atomic mass is 10.2. The van der Waals surface area contributed by atoms with Gasteiger partial charge >= 0.3 is 0 Å². The van der Waals surface area contributed by atoms with Crippen LogP contribution in [-0.4, -0.2) is 20.0 Å². The highest BCUT2D eigenvalue weighted by Crippen LogP contribution is 2.21. The molecule has 0 saturated heterocycles. The quantitative estimate of drug-likeness (QED) is 0.688. The Hall–Kier alpha value is -3.08. The Kier molecular flexibility index (Phi) is 5.15. The highest BCUT2D eigenvalue weighted by molar-refractivity contribution is 5.91. The van der Waals surface area contributed by atoms with E-state index in [1.165, 1.54) is 12.8 Å². The average molecular weight is 374 g/mol. The van der Waals surface area contributed by atoms with Gasteiger partial charge in [-0.15, -0.1) is 0 Å². The molecule has 28 heavy (non-hydrogen) atoms. The van der Waals surface area contributed by atoms with Gasteiger partial charge in [-0.25, -0.2) is 4.98 Å². The second-order valence-electron chi connectivity index (χ2n) is 7.35. The molecule has 5 heteroatoms. The predicted octanol–water partition coefficient (Wildman–Crippen LogP) is 3.96. The molecule has 144 valence electrons. The summed E-state index contributed by atoms with van der Waals surface area (Å²) in [6, 6.07) is 12.4. The first-order valence-electron chi connectivity index (χ1n) is 9.87. The maximum atomic E-state index is 12.3. The Balaban J connectivity index is 1.41. The van der Waals surface area contributed by atoms with Crippen molar-refractivity contribution < 1.29 is 4.79 Å². The van der Waals surface area contributed by atoms with E-state index in [-0.39, 0.29) is 5.91 Å². The summed E-state index contributed by atoms with van der Waals surface area (Å²) in [6.45, 7) is 5.66. The molecule has 0 fully saturated rings. The fourth-order valence-electron chi connectivity index (χ4n) is 3.89. The minimum atomic E-state index is -0.101. The summed E-state index contributed by atoms with van der Waals surface area (Å²) >= 11 is 0. The summed E-state index contributed by atoms with van der Waals surface area (Å²) in [5.74, 6) is 1.04. The molecule has 0 atom stereocenters. The van der Waals surface area contributed by atoms with Crippen LogP contribution in [0.1, 0.15) is 41.3 Å². The van der Waals surface area contributed by atoms with Crippen LogP contribution in [0.5, 0.6) is 0 Å². The van der Waals surface area contributed by atoms with Crippen LogP contribution in [0.4, 0.5) is 0 Å². The van der Waals surface area contributed by atoms with Crippen molar-refractivity contribution in [3.05, 3.63) is 77.1 Å². The second-order valence-corrected chi connectivity index (χ2v) is 7.35. The summed E-state index contributed by atoms with van der Waals surface area (Å²) in [6.07, 6.45) is 8.99. The van der Waals surface area contributed by atoms with Gasteiger partial charge < -0.3 is 14.5 Å². The van der Waals surface area contributed by atoms with Gasteiger partial charge in [0.25, 0.3) is 0 Å². The molecule has 2 aromatic heterocycles. The van der Waals surface area contributed by atoms with Crippen LogP contribution in [0.25, 0.3) is 11.8 Å². The molecule has 0 radical (unpaired) electrons. The number of aromatic nitrogens is 3. The van der Waals surface area contributed by atoms with Gasteiger partial charge in [-0.3, -0.25) is 4.79 Å². The minimum Gasteiger partial charge on any atom is -0.347 e. The normalized spacial score (nSPS) is 13.6. The van der Waals surface area contributed by atoms with Gasteiger partial charge in [-0.1, -0.05) is 18.2 Å². The molecule has 1 aromatic carbocycles. The number of amides is 1. The largest absolute Gasteiger partial charge is 0.347 e. The number of nitrogens with zero attached hydrogens (tertiary/aromatic N) is 3. The van der Waals surface area contributed by atoms with E-state index in [1.807, 2.05) is 24.3 Å². The standard InChI is InChI=1S/C23H26N4O/c1-17-14-19(18(2)27(17)21-8-4-3-5-9-21)11-12-23(28)24-15-20-16-26-13-7-6-10-22(26)25-20/h3-5,8-9,11-12,14,16H,6-7,10,13,15H2,1-2H3,(H,24,28)/b12-11+. The molecule has 0 bridgehead atoms. The van der Waals surface area contributed by atoms with Crippen LogP contribution in [-0.2, 0) is 24.3 Å². The van der Waals surface area contributed by atoms with Gasteiger partial charge in [-0.2, -0.15) is 0 Å². The first-order chi connectivity index (χ1) is 13.6. The predicted molar refractivity (Wildman–Crippen MR) is 111 cm³/mol. The van der Waals surface area contributed by atoms with Crippen molar-refractivity contribution in [2.45, 2.75) is 46.2 Å². The van der Waals surface area contributed by atoms with Gasteiger partial charge in [0, 0.05) is 42.3 Å². The monoisotopic (exact) mass is 374 g/mol. The third-order valence-corrected chi connectivity index (χ3v) is 5.30. The van der Waals surface area contributed by atoms with E-state index in [9.17, 15) is 4.79 Å². The fraction of sp³-hybridized carbons (Fsp3) is 0.304. The van der Waals surface area contributed by atoms with Gasteiger partial charge in [0.15, 0.2) is 0 Å². The third kappa shape index (κ3) is 3.79. The Morgan fingerprint density at radius 1 is 1.21 bits per heavy atom. The number of hydrogen-bond acceptors (Lipinski definition) is 2. The molecule has 0 unspecified atom stereocenters. The van der Waals surface area contributed by atoms with E-state index >= 15 is 0 Å². The fourth-order valence-corrected chi connectivity index (χ4v) is 3.89. The number of para-hydroxylation sites is 1. The molecule has 1 N–H and O–H groups in total. The van der Waals surface area contributed by atoms with Crippen molar-refractivity contribution in [2.75, 3.05) is 0 Å². The maximum Gasteiger partial charge on any atom is 0.244 e.